The first-order valence-electron chi connectivity index (χ1n) is 8.45. The number of carbonyl (C=O) groups excluding carboxylic acids is 2. The average Bonchev–Trinajstić information content (AvgIpc) is 3.48. The van der Waals surface area contributed by atoms with Gasteiger partial charge in [0.1, 0.15) is 5.56 Å². The molecule has 2 aliphatic rings. The van der Waals surface area contributed by atoms with Crippen LogP contribution in [0.3, 0.4) is 0 Å². The van der Waals surface area contributed by atoms with Crippen molar-refractivity contribution in [2.75, 3.05) is 6.61 Å². The normalized spacial score (nSPS) is 16.7. The average molecular weight is 436 g/mol. The van der Waals surface area contributed by atoms with E-state index >= 15 is 0 Å². The molecule has 0 aromatic heterocycles. The summed E-state index contributed by atoms with van der Waals surface area (Å²) < 4.78 is 10.2. The van der Waals surface area contributed by atoms with Gasteiger partial charge >= 0.3 is 17.9 Å². The van der Waals surface area contributed by atoms with Gasteiger partial charge in [-0.05, 0) is 43.6 Å². The van der Waals surface area contributed by atoms with Crippen molar-refractivity contribution in [2.45, 2.75) is 32.6 Å². The van der Waals surface area contributed by atoms with E-state index in [2.05, 4.69) is 6.92 Å². The minimum Gasteiger partial charge on any atom is -0.473 e. The lowest BCUT2D eigenvalue weighted by molar-refractivity contribution is -0.158. The van der Waals surface area contributed by atoms with Crippen LogP contribution in [0, 0.1) is 17.3 Å². The molecule has 9 heteroatoms. The maximum atomic E-state index is 12.7. The van der Waals surface area contributed by atoms with Gasteiger partial charge in [-0.25, -0.2) is 14.4 Å². The van der Waals surface area contributed by atoms with Crippen LogP contribution < -0.4 is 4.74 Å². The molecular formula is C18H17Cl3O6. The zero-order chi connectivity index (χ0) is 19.9. The first kappa shape index (κ1) is 20.2. The second-order valence-corrected chi connectivity index (χ2v) is 8.38. The number of halogens is 3. The lowest BCUT2D eigenvalue weighted by Crippen LogP contribution is -2.30. The second kappa shape index (κ2) is 7.49. The Morgan fingerprint density at radius 1 is 1.11 bits per heavy atom. The number of hydrogen-bond acceptors (Lipinski definition) is 5. The molecule has 1 aromatic rings. The Hall–Kier alpha value is -1.50. The van der Waals surface area contributed by atoms with E-state index in [-0.39, 0.29) is 32.7 Å². The SMILES string of the molecule is CC(COC(=O)c1c(Cl)c(Cl)cc(Cl)c1OC(=O)C(=O)O)(C1CC1)C1CC1. The van der Waals surface area contributed by atoms with Crippen LogP contribution >= 0.6 is 34.8 Å². The molecule has 2 fully saturated rings. The van der Waals surface area contributed by atoms with Crippen molar-refractivity contribution in [1.82, 2.24) is 0 Å². The lowest BCUT2D eigenvalue weighted by atomic mass is 9.80. The van der Waals surface area contributed by atoms with Crippen molar-refractivity contribution < 1.29 is 29.0 Å². The van der Waals surface area contributed by atoms with Crippen LogP contribution in [0.5, 0.6) is 5.75 Å². The Labute approximate surface area is 170 Å². The smallest absolute Gasteiger partial charge is 0.422 e. The molecule has 0 spiro atoms. The van der Waals surface area contributed by atoms with Gasteiger partial charge in [0.05, 0.1) is 21.7 Å². The third-order valence-corrected chi connectivity index (χ3v) is 6.30. The van der Waals surface area contributed by atoms with Crippen LogP contribution in [-0.4, -0.2) is 29.6 Å². The topological polar surface area (TPSA) is 89.9 Å². The van der Waals surface area contributed by atoms with Gasteiger partial charge in [0, 0.05) is 5.41 Å². The number of ether oxygens (including phenoxy) is 2. The van der Waals surface area contributed by atoms with E-state index < -0.39 is 23.7 Å². The zero-order valence-electron chi connectivity index (χ0n) is 14.4. The maximum Gasteiger partial charge on any atom is 0.422 e. The molecule has 146 valence electrons. The van der Waals surface area contributed by atoms with E-state index in [4.69, 9.17) is 49.4 Å². The molecule has 0 radical (unpaired) electrons. The third kappa shape index (κ3) is 4.18. The number of carboxylic acid groups (broad SMARTS) is 1. The maximum absolute atomic E-state index is 12.7. The molecule has 0 aliphatic heterocycles. The molecule has 0 unspecified atom stereocenters. The summed E-state index contributed by atoms with van der Waals surface area (Å²) in [4.78, 5) is 34.9. The molecule has 1 N–H and O–H groups in total. The van der Waals surface area contributed by atoms with Crippen molar-refractivity contribution in [3.05, 3.63) is 26.7 Å². The number of aliphatic carboxylic acids is 1. The molecule has 3 rings (SSSR count). The number of carbonyl (C=O) groups is 3. The van der Waals surface area contributed by atoms with Crippen LogP contribution in [0.25, 0.3) is 0 Å². The van der Waals surface area contributed by atoms with Gasteiger partial charge in [0.15, 0.2) is 5.75 Å². The Bertz CT molecular complexity index is 802. The molecule has 0 saturated heterocycles. The fraction of sp³-hybridized carbons (Fsp3) is 0.500. The predicted octanol–water partition coefficient (Wildman–Crippen LogP) is 4.62. The van der Waals surface area contributed by atoms with Crippen molar-refractivity contribution in [2.24, 2.45) is 17.3 Å². The van der Waals surface area contributed by atoms with Crippen molar-refractivity contribution >= 4 is 52.7 Å². The van der Waals surface area contributed by atoms with Crippen LogP contribution in [0.4, 0.5) is 0 Å². The minimum atomic E-state index is -1.84. The molecule has 0 bridgehead atoms. The fourth-order valence-electron chi connectivity index (χ4n) is 3.34. The highest BCUT2D eigenvalue weighted by molar-refractivity contribution is 6.46. The molecule has 0 atom stereocenters. The number of benzene rings is 1. The lowest BCUT2D eigenvalue weighted by Gasteiger charge is -2.29. The zero-order valence-corrected chi connectivity index (χ0v) is 16.7. The molecule has 1 aromatic carbocycles. The Morgan fingerprint density at radius 2 is 1.67 bits per heavy atom. The third-order valence-electron chi connectivity index (χ3n) is 5.23. The minimum absolute atomic E-state index is 0.0455. The van der Waals surface area contributed by atoms with Gasteiger partial charge in [0.2, 0.25) is 0 Å². The molecule has 0 amide bonds. The van der Waals surface area contributed by atoms with Gasteiger partial charge in [-0.3, -0.25) is 0 Å². The molecular weight excluding hydrogens is 419 g/mol. The van der Waals surface area contributed by atoms with Crippen LogP contribution in [0.2, 0.25) is 15.1 Å². The van der Waals surface area contributed by atoms with Gasteiger partial charge in [0.25, 0.3) is 0 Å². The quantitative estimate of drug-likeness (QED) is 0.303. The molecule has 2 aliphatic carbocycles. The highest BCUT2D eigenvalue weighted by Crippen LogP contribution is 2.58. The highest BCUT2D eigenvalue weighted by Gasteiger charge is 2.51. The summed E-state index contributed by atoms with van der Waals surface area (Å²) >= 11 is 18.1. The summed E-state index contributed by atoms with van der Waals surface area (Å²) in [5, 5.41) is 8.25. The Morgan fingerprint density at radius 3 is 2.15 bits per heavy atom. The first-order valence-corrected chi connectivity index (χ1v) is 9.58. The van der Waals surface area contributed by atoms with Gasteiger partial charge in [-0.2, -0.15) is 0 Å². The van der Waals surface area contributed by atoms with E-state index in [0.717, 1.165) is 31.7 Å². The van der Waals surface area contributed by atoms with E-state index in [9.17, 15) is 14.4 Å². The van der Waals surface area contributed by atoms with E-state index in [1.54, 1.807) is 0 Å². The second-order valence-electron chi connectivity index (χ2n) is 7.18. The fourth-order valence-corrected chi connectivity index (χ4v) is 4.06. The monoisotopic (exact) mass is 434 g/mol. The Kier molecular flexibility index (Phi) is 5.62. The van der Waals surface area contributed by atoms with Crippen molar-refractivity contribution in [1.29, 1.82) is 0 Å². The van der Waals surface area contributed by atoms with Crippen molar-refractivity contribution in [3.63, 3.8) is 0 Å². The number of esters is 2. The standard InChI is InChI=1S/C18H17Cl3O6/c1-18(8-2-3-8,9-4-5-9)7-26-16(24)12-13(21)10(19)6-11(20)14(12)27-17(25)15(22)23/h6,8-9H,2-5,7H2,1H3,(H,22,23). The van der Waals surface area contributed by atoms with Crippen LogP contribution in [-0.2, 0) is 14.3 Å². The molecule has 6 nitrogen and oxygen atoms in total. The highest BCUT2D eigenvalue weighted by atomic mass is 35.5. The number of rotatable bonds is 6. The van der Waals surface area contributed by atoms with Gasteiger partial charge in [-0.15, -0.1) is 0 Å². The van der Waals surface area contributed by atoms with Gasteiger partial charge in [-0.1, -0.05) is 41.7 Å². The number of hydrogen-bond donors (Lipinski definition) is 1. The Balaban J connectivity index is 1.86. The predicted molar refractivity (Wildman–Crippen MR) is 98.6 cm³/mol. The summed E-state index contributed by atoms with van der Waals surface area (Å²) in [6, 6.07) is 1.16. The summed E-state index contributed by atoms with van der Waals surface area (Å²) in [5.41, 5.74) is -0.472. The summed E-state index contributed by atoms with van der Waals surface area (Å²) in [5.74, 6) is -3.77. The van der Waals surface area contributed by atoms with Crippen LogP contribution in [0.15, 0.2) is 6.07 Å². The first-order chi connectivity index (χ1) is 12.6. The summed E-state index contributed by atoms with van der Waals surface area (Å²) in [6.45, 7) is 2.29. The molecule has 2 saturated carbocycles. The summed E-state index contributed by atoms with van der Waals surface area (Å²) in [6.07, 6.45) is 4.43. The van der Waals surface area contributed by atoms with E-state index in [1.165, 1.54) is 0 Å². The number of carboxylic acids is 1. The van der Waals surface area contributed by atoms with E-state index in [1.807, 2.05) is 0 Å². The van der Waals surface area contributed by atoms with Crippen LogP contribution in [0.1, 0.15) is 43.0 Å². The summed E-state index contributed by atoms with van der Waals surface area (Å²) in [7, 11) is 0. The van der Waals surface area contributed by atoms with Gasteiger partial charge < -0.3 is 14.6 Å². The molecule has 27 heavy (non-hydrogen) atoms. The van der Waals surface area contributed by atoms with Crippen molar-refractivity contribution in [3.8, 4) is 5.75 Å². The molecule has 0 heterocycles. The van der Waals surface area contributed by atoms with E-state index in [0.29, 0.717) is 11.8 Å². The largest absolute Gasteiger partial charge is 0.473 e.